The van der Waals surface area contributed by atoms with Crippen molar-refractivity contribution in [1.82, 2.24) is 0 Å². The van der Waals surface area contributed by atoms with Crippen LogP contribution in [0.4, 0.5) is 11.4 Å². The molecule has 0 fully saturated rings. The van der Waals surface area contributed by atoms with E-state index in [1.807, 2.05) is 12.3 Å². The second kappa shape index (κ2) is 5.20. The molecule has 24 heavy (non-hydrogen) atoms. The maximum atomic E-state index is 4.84. The highest BCUT2D eigenvalue weighted by Gasteiger charge is 2.20. The van der Waals surface area contributed by atoms with E-state index in [1.54, 1.807) is 0 Å². The molecule has 0 radical (unpaired) electrons. The standard InChI is InChI=1S/C22H16N2/c1-2-8-15(9-3-1)20-14-23-21-18-12-6-4-10-16(18)17-11-5-7-13-19(17)22(21)24-20/h1-14,20,24H. The fraction of sp³-hybridized carbons (Fsp3) is 0.0455. The van der Waals surface area contributed by atoms with Crippen molar-refractivity contribution in [3.05, 3.63) is 84.4 Å². The van der Waals surface area contributed by atoms with Crippen LogP contribution in [0.15, 0.2) is 83.9 Å². The minimum absolute atomic E-state index is 0.100. The molecule has 2 heteroatoms. The van der Waals surface area contributed by atoms with Crippen LogP contribution in [0, 0.1) is 0 Å². The first-order valence-electron chi connectivity index (χ1n) is 8.21. The highest BCUT2D eigenvalue weighted by molar-refractivity contribution is 6.20. The van der Waals surface area contributed by atoms with E-state index in [2.05, 4.69) is 78.1 Å². The van der Waals surface area contributed by atoms with Gasteiger partial charge in [0.15, 0.2) is 0 Å². The molecule has 0 bridgehead atoms. The molecule has 4 aromatic carbocycles. The molecule has 0 amide bonds. The summed E-state index contributed by atoms with van der Waals surface area (Å²) in [6, 6.07) is 27.6. The van der Waals surface area contributed by atoms with Crippen molar-refractivity contribution < 1.29 is 0 Å². The topological polar surface area (TPSA) is 24.4 Å². The molecule has 114 valence electrons. The molecule has 1 aliphatic heterocycles. The zero-order chi connectivity index (χ0) is 15.9. The number of rotatable bonds is 1. The Labute approximate surface area is 140 Å². The molecular weight excluding hydrogens is 292 g/mol. The van der Waals surface area contributed by atoms with E-state index in [-0.39, 0.29) is 6.04 Å². The van der Waals surface area contributed by atoms with E-state index in [0.717, 1.165) is 11.4 Å². The largest absolute Gasteiger partial charge is 0.371 e. The average Bonchev–Trinajstić information content (AvgIpc) is 2.68. The van der Waals surface area contributed by atoms with Gasteiger partial charge in [-0.1, -0.05) is 78.9 Å². The maximum Gasteiger partial charge on any atom is 0.0943 e. The van der Waals surface area contributed by atoms with Crippen molar-refractivity contribution in [3.8, 4) is 0 Å². The zero-order valence-electron chi connectivity index (χ0n) is 13.1. The predicted octanol–water partition coefficient (Wildman–Crippen LogP) is 5.86. The van der Waals surface area contributed by atoms with Crippen molar-refractivity contribution in [3.63, 3.8) is 0 Å². The summed E-state index contributed by atoms with van der Waals surface area (Å²) in [5.41, 5.74) is 3.39. The fourth-order valence-corrected chi connectivity index (χ4v) is 3.57. The van der Waals surface area contributed by atoms with E-state index in [0.29, 0.717) is 0 Å². The summed E-state index contributed by atoms with van der Waals surface area (Å²) in [6.07, 6.45) is 2.01. The normalized spacial score (nSPS) is 16.1. The molecule has 0 saturated carbocycles. The van der Waals surface area contributed by atoms with Crippen molar-refractivity contribution in [2.75, 3.05) is 5.32 Å². The Bertz CT molecular complexity index is 1080. The molecule has 0 aliphatic carbocycles. The van der Waals surface area contributed by atoms with E-state index < -0.39 is 0 Å². The van der Waals surface area contributed by atoms with Crippen LogP contribution < -0.4 is 5.32 Å². The molecule has 2 nitrogen and oxygen atoms in total. The van der Waals surface area contributed by atoms with Crippen molar-refractivity contribution >= 4 is 39.1 Å². The molecule has 0 saturated heterocycles. The first kappa shape index (κ1) is 13.3. The highest BCUT2D eigenvalue weighted by Crippen LogP contribution is 2.44. The zero-order valence-corrected chi connectivity index (χ0v) is 13.1. The predicted molar refractivity (Wildman–Crippen MR) is 102 cm³/mol. The van der Waals surface area contributed by atoms with Gasteiger partial charge >= 0.3 is 0 Å². The van der Waals surface area contributed by atoms with Crippen LogP contribution in [-0.2, 0) is 0 Å². The molecule has 1 atom stereocenters. The Morgan fingerprint density at radius 1 is 0.625 bits per heavy atom. The smallest absolute Gasteiger partial charge is 0.0943 e. The van der Waals surface area contributed by atoms with E-state index in [9.17, 15) is 0 Å². The van der Waals surface area contributed by atoms with Gasteiger partial charge in [0.1, 0.15) is 0 Å². The molecule has 1 unspecified atom stereocenters. The number of anilines is 1. The summed E-state index contributed by atoms with van der Waals surface area (Å²) in [7, 11) is 0. The van der Waals surface area contributed by atoms with Crippen molar-refractivity contribution in [1.29, 1.82) is 0 Å². The third-order valence-electron chi connectivity index (χ3n) is 4.72. The number of nitrogens with zero attached hydrogens (tertiary/aromatic N) is 1. The Morgan fingerprint density at radius 2 is 1.21 bits per heavy atom. The molecule has 0 spiro atoms. The SMILES string of the molecule is C1=Nc2c(c3ccccc3c3ccccc23)NC1c1ccccc1. The number of fused-ring (bicyclic) bond motifs is 6. The van der Waals surface area contributed by atoms with Gasteiger partial charge in [-0.25, -0.2) is 0 Å². The molecule has 4 aromatic rings. The van der Waals surface area contributed by atoms with Crippen LogP contribution in [-0.4, -0.2) is 6.21 Å². The van der Waals surface area contributed by atoms with Crippen molar-refractivity contribution in [2.45, 2.75) is 6.04 Å². The van der Waals surface area contributed by atoms with Gasteiger partial charge in [-0.3, -0.25) is 4.99 Å². The van der Waals surface area contributed by atoms with Crippen LogP contribution in [0.5, 0.6) is 0 Å². The third-order valence-corrected chi connectivity index (χ3v) is 4.72. The summed E-state index contributed by atoms with van der Waals surface area (Å²) in [5.74, 6) is 0. The van der Waals surface area contributed by atoms with Gasteiger partial charge in [0.05, 0.1) is 17.4 Å². The first-order valence-corrected chi connectivity index (χ1v) is 8.21. The third kappa shape index (κ3) is 1.93. The highest BCUT2D eigenvalue weighted by atomic mass is 15.0. The summed E-state index contributed by atoms with van der Waals surface area (Å²) in [4.78, 5) is 4.84. The lowest BCUT2D eigenvalue weighted by molar-refractivity contribution is 1.05. The number of nitrogens with one attached hydrogen (secondary N) is 1. The lowest BCUT2D eigenvalue weighted by Crippen LogP contribution is -2.15. The average molecular weight is 308 g/mol. The van der Waals surface area contributed by atoms with E-state index >= 15 is 0 Å². The molecule has 0 aromatic heterocycles. The second-order valence-electron chi connectivity index (χ2n) is 6.13. The van der Waals surface area contributed by atoms with Crippen LogP contribution >= 0.6 is 0 Å². The molecule has 5 rings (SSSR count). The monoisotopic (exact) mass is 308 g/mol. The molecule has 1 N–H and O–H groups in total. The first-order chi connectivity index (χ1) is 11.9. The number of aliphatic imine (C=N–C) groups is 1. The molecule has 1 aliphatic rings. The van der Waals surface area contributed by atoms with Gasteiger partial charge in [-0.2, -0.15) is 0 Å². The molecule has 1 heterocycles. The van der Waals surface area contributed by atoms with Gasteiger partial charge in [0, 0.05) is 17.0 Å². The van der Waals surface area contributed by atoms with Gasteiger partial charge in [0.25, 0.3) is 0 Å². The number of hydrogen-bond acceptors (Lipinski definition) is 2. The van der Waals surface area contributed by atoms with E-state index in [1.165, 1.54) is 27.1 Å². The van der Waals surface area contributed by atoms with Crippen LogP contribution in [0.2, 0.25) is 0 Å². The number of hydrogen-bond donors (Lipinski definition) is 1. The maximum absolute atomic E-state index is 4.84. The van der Waals surface area contributed by atoms with Gasteiger partial charge in [-0.15, -0.1) is 0 Å². The Kier molecular flexibility index (Phi) is 2.89. The lowest BCUT2D eigenvalue weighted by Gasteiger charge is -2.25. The summed E-state index contributed by atoms with van der Waals surface area (Å²) < 4.78 is 0. The quantitative estimate of drug-likeness (QED) is 0.437. The lowest BCUT2D eigenvalue weighted by atomic mass is 9.96. The van der Waals surface area contributed by atoms with Crippen molar-refractivity contribution in [2.24, 2.45) is 4.99 Å². The Morgan fingerprint density at radius 3 is 1.96 bits per heavy atom. The summed E-state index contributed by atoms with van der Waals surface area (Å²) in [6.45, 7) is 0. The van der Waals surface area contributed by atoms with Gasteiger partial charge in [0.2, 0.25) is 0 Å². The fourth-order valence-electron chi connectivity index (χ4n) is 3.57. The second-order valence-corrected chi connectivity index (χ2v) is 6.13. The number of benzene rings is 4. The van der Waals surface area contributed by atoms with E-state index in [4.69, 9.17) is 4.99 Å². The van der Waals surface area contributed by atoms with Gasteiger partial charge in [-0.05, 0) is 16.3 Å². The minimum atomic E-state index is 0.100. The minimum Gasteiger partial charge on any atom is -0.371 e. The van der Waals surface area contributed by atoms with Gasteiger partial charge < -0.3 is 5.32 Å². The molecular formula is C22H16N2. The Hall–Kier alpha value is -3.13. The van der Waals surface area contributed by atoms with Crippen LogP contribution in [0.25, 0.3) is 21.5 Å². The van der Waals surface area contributed by atoms with Crippen LogP contribution in [0.1, 0.15) is 11.6 Å². The van der Waals surface area contributed by atoms with Crippen LogP contribution in [0.3, 0.4) is 0 Å². The summed E-state index contributed by atoms with van der Waals surface area (Å²) in [5, 5.41) is 8.64. The summed E-state index contributed by atoms with van der Waals surface area (Å²) >= 11 is 0. The Balaban J connectivity index is 1.80.